The largest absolute Gasteiger partial charge is 0.334 e. The van der Waals surface area contributed by atoms with Gasteiger partial charge in [-0.05, 0) is 50.5 Å². The number of fused-ring (bicyclic) bond motifs is 1. The molecule has 4 nitrogen and oxygen atoms in total. The summed E-state index contributed by atoms with van der Waals surface area (Å²) in [5.41, 5.74) is 6.09. The van der Waals surface area contributed by atoms with Gasteiger partial charge in [0.05, 0.1) is 6.04 Å². The van der Waals surface area contributed by atoms with Crippen molar-refractivity contribution in [1.82, 2.24) is 9.97 Å². The Morgan fingerprint density at radius 1 is 0.963 bits per heavy atom. The highest BCUT2D eigenvalue weighted by Gasteiger charge is 2.26. The molecule has 0 bridgehead atoms. The first kappa shape index (κ1) is 17.5. The number of aromatic nitrogens is 2. The normalized spacial score (nSPS) is 16.1. The Balaban J connectivity index is 1.74. The lowest BCUT2D eigenvalue weighted by Gasteiger charge is -2.36. The molecule has 2 aromatic carbocycles. The maximum atomic E-state index is 5.00. The van der Waals surface area contributed by atoms with Crippen LogP contribution in [0.3, 0.4) is 0 Å². The minimum Gasteiger partial charge on any atom is -0.334 e. The summed E-state index contributed by atoms with van der Waals surface area (Å²) in [6, 6.07) is 19.3. The van der Waals surface area contributed by atoms with Gasteiger partial charge in [0.15, 0.2) is 0 Å². The average Bonchev–Trinajstić information content (AvgIpc) is 2.71. The van der Waals surface area contributed by atoms with Crippen LogP contribution >= 0.6 is 0 Å². The summed E-state index contributed by atoms with van der Waals surface area (Å²) >= 11 is 0. The third kappa shape index (κ3) is 3.16. The smallest absolute Gasteiger partial charge is 0.228 e. The van der Waals surface area contributed by atoms with E-state index < -0.39 is 0 Å². The third-order valence-electron chi connectivity index (χ3n) is 5.66. The molecule has 1 atom stereocenters. The zero-order valence-electron chi connectivity index (χ0n) is 16.5. The predicted molar refractivity (Wildman–Crippen MR) is 112 cm³/mol. The Kier molecular flexibility index (Phi) is 4.56. The van der Waals surface area contributed by atoms with Gasteiger partial charge in [-0.3, -0.25) is 0 Å². The van der Waals surface area contributed by atoms with Gasteiger partial charge in [0.2, 0.25) is 5.95 Å². The number of benzene rings is 2. The second-order valence-corrected chi connectivity index (χ2v) is 7.27. The molecule has 0 spiro atoms. The second-order valence-electron chi connectivity index (χ2n) is 7.27. The van der Waals surface area contributed by atoms with Gasteiger partial charge in [-0.25, -0.2) is 4.98 Å². The molecule has 4 rings (SSSR count). The molecule has 0 unspecified atom stereocenters. The fourth-order valence-corrected chi connectivity index (χ4v) is 3.87. The van der Waals surface area contributed by atoms with Gasteiger partial charge in [0, 0.05) is 30.5 Å². The van der Waals surface area contributed by atoms with Crippen LogP contribution in [0.4, 0.5) is 17.5 Å². The topological polar surface area (TPSA) is 32.3 Å². The van der Waals surface area contributed by atoms with Crippen molar-refractivity contribution >= 4 is 17.5 Å². The molecule has 4 heteroatoms. The van der Waals surface area contributed by atoms with E-state index in [0.29, 0.717) is 0 Å². The number of hydrogen-bond acceptors (Lipinski definition) is 4. The van der Waals surface area contributed by atoms with Crippen molar-refractivity contribution in [3.05, 3.63) is 77.0 Å². The van der Waals surface area contributed by atoms with Gasteiger partial charge in [-0.15, -0.1) is 0 Å². The Hall–Kier alpha value is -2.88. The maximum Gasteiger partial charge on any atom is 0.228 e. The lowest BCUT2D eigenvalue weighted by Crippen LogP contribution is -2.35. The van der Waals surface area contributed by atoms with Crippen LogP contribution in [0.5, 0.6) is 0 Å². The molecule has 1 aromatic heterocycles. The fraction of sp³-hybridized carbons (Fsp3) is 0.304. The van der Waals surface area contributed by atoms with Gasteiger partial charge < -0.3 is 9.80 Å². The highest BCUT2D eigenvalue weighted by molar-refractivity contribution is 5.64. The number of rotatable bonds is 3. The summed E-state index contributed by atoms with van der Waals surface area (Å²) in [6.07, 6.45) is 1.03. The first-order chi connectivity index (χ1) is 13.1. The van der Waals surface area contributed by atoms with Crippen molar-refractivity contribution < 1.29 is 0 Å². The molecule has 0 N–H and O–H groups in total. The van der Waals surface area contributed by atoms with E-state index in [-0.39, 0.29) is 6.04 Å². The Labute approximate surface area is 161 Å². The minimum atomic E-state index is 0.270. The summed E-state index contributed by atoms with van der Waals surface area (Å²) in [5, 5.41) is 0. The highest BCUT2D eigenvalue weighted by Crippen LogP contribution is 2.34. The van der Waals surface area contributed by atoms with Crippen LogP contribution in [0.25, 0.3) is 0 Å². The van der Waals surface area contributed by atoms with Crippen LogP contribution in [-0.2, 0) is 6.42 Å². The van der Waals surface area contributed by atoms with Gasteiger partial charge in [-0.1, -0.05) is 42.5 Å². The fourth-order valence-electron chi connectivity index (χ4n) is 3.87. The predicted octanol–water partition coefficient (Wildman–Crippen LogP) is 4.99. The van der Waals surface area contributed by atoms with Crippen LogP contribution in [0.1, 0.15) is 35.3 Å². The van der Waals surface area contributed by atoms with Crippen LogP contribution in [0.15, 0.2) is 54.6 Å². The van der Waals surface area contributed by atoms with E-state index in [9.17, 15) is 0 Å². The molecular weight excluding hydrogens is 332 g/mol. The van der Waals surface area contributed by atoms with E-state index >= 15 is 0 Å². The number of anilines is 3. The van der Waals surface area contributed by atoms with E-state index in [2.05, 4.69) is 86.1 Å². The number of para-hydroxylation sites is 1. The Morgan fingerprint density at radius 2 is 1.67 bits per heavy atom. The second kappa shape index (κ2) is 7.03. The van der Waals surface area contributed by atoms with Crippen molar-refractivity contribution in [2.45, 2.75) is 33.2 Å². The first-order valence-corrected chi connectivity index (χ1v) is 9.54. The van der Waals surface area contributed by atoms with Crippen molar-refractivity contribution in [2.75, 3.05) is 23.4 Å². The van der Waals surface area contributed by atoms with Crippen molar-refractivity contribution in [3.8, 4) is 0 Å². The van der Waals surface area contributed by atoms with E-state index in [0.717, 1.165) is 41.7 Å². The standard InChI is InChI=1S/C23H26N4/c1-16-17(2)24-23(25-22(16)26(4)20-11-6-5-7-12-20)27-15-14-19-10-8-9-13-21(19)18(27)3/h5-13,18H,14-15H2,1-4H3/t18-/m0/s1. The molecule has 138 valence electrons. The summed E-state index contributed by atoms with van der Waals surface area (Å²) in [5.74, 6) is 1.78. The van der Waals surface area contributed by atoms with Crippen molar-refractivity contribution in [2.24, 2.45) is 0 Å². The van der Waals surface area contributed by atoms with Crippen molar-refractivity contribution in [3.63, 3.8) is 0 Å². The molecule has 1 aliphatic heterocycles. The molecule has 0 aliphatic carbocycles. The minimum absolute atomic E-state index is 0.270. The van der Waals surface area contributed by atoms with Gasteiger partial charge in [-0.2, -0.15) is 4.98 Å². The highest BCUT2D eigenvalue weighted by atomic mass is 15.3. The molecule has 0 radical (unpaired) electrons. The van der Waals surface area contributed by atoms with Gasteiger partial charge >= 0.3 is 0 Å². The van der Waals surface area contributed by atoms with Gasteiger partial charge in [0.25, 0.3) is 0 Å². The number of aryl methyl sites for hydroxylation is 1. The van der Waals surface area contributed by atoms with E-state index in [4.69, 9.17) is 9.97 Å². The average molecular weight is 358 g/mol. The molecule has 0 fully saturated rings. The van der Waals surface area contributed by atoms with Gasteiger partial charge in [0.1, 0.15) is 5.82 Å². The number of hydrogen-bond donors (Lipinski definition) is 0. The molecule has 1 aliphatic rings. The molecule has 0 saturated heterocycles. The molecule has 0 amide bonds. The zero-order chi connectivity index (χ0) is 19.0. The summed E-state index contributed by atoms with van der Waals surface area (Å²) in [6.45, 7) is 7.36. The van der Waals surface area contributed by atoms with Crippen molar-refractivity contribution in [1.29, 1.82) is 0 Å². The third-order valence-corrected chi connectivity index (χ3v) is 5.66. The maximum absolute atomic E-state index is 5.00. The Bertz CT molecular complexity index is 952. The number of nitrogens with zero attached hydrogens (tertiary/aromatic N) is 4. The molecular formula is C23H26N4. The van der Waals surface area contributed by atoms with E-state index in [1.54, 1.807) is 0 Å². The van der Waals surface area contributed by atoms with E-state index in [1.807, 2.05) is 6.07 Å². The Morgan fingerprint density at radius 3 is 2.44 bits per heavy atom. The first-order valence-electron chi connectivity index (χ1n) is 9.54. The summed E-state index contributed by atoms with van der Waals surface area (Å²) in [7, 11) is 2.07. The molecule has 3 aromatic rings. The van der Waals surface area contributed by atoms with Crippen LogP contribution in [0, 0.1) is 13.8 Å². The van der Waals surface area contributed by atoms with E-state index in [1.165, 1.54) is 11.1 Å². The molecule has 2 heterocycles. The lowest BCUT2D eigenvalue weighted by atomic mass is 9.94. The molecule has 27 heavy (non-hydrogen) atoms. The SMILES string of the molecule is Cc1nc(N2CCc3ccccc3[C@@H]2C)nc(N(C)c2ccccc2)c1C. The van der Waals surface area contributed by atoms with Crippen LogP contribution in [-0.4, -0.2) is 23.6 Å². The van der Waals surface area contributed by atoms with Crippen LogP contribution in [0.2, 0.25) is 0 Å². The quantitative estimate of drug-likeness (QED) is 0.660. The summed E-state index contributed by atoms with van der Waals surface area (Å²) in [4.78, 5) is 14.3. The lowest BCUT2D eigenvalue weighted by molar-refractivity contribution is 0.607. The molecule has 0 saturated carbocycles. The zero-order valence-corrected chi connectivity index (χ0v) is 16.5. The monoisotopic (exact) mass is 358 g/mol. The summed E-state index contributed by atoms with van der Waals surface area (Å²) < 4.78 is 0. The van der Waals surface area contributed by atoms with Crippen LogP contribution < -0.4 is 9.80 Å².